The van der Waals surface area contributed by atoms with Gasteiger partial charge in [0.2, 0.25) is 0 Å². The maximum atomic E-state index is 12.7. The van der Waals surface area contributed by atoms with E-state index in [1.54, 1.807) is 0 Å². The highest BCUT2D eigenvalue weighted by atomic mass is 127. The van der Waals surface area contributed by atoms with Crippen molar-refractivity contribution in [2.75, 3.05) is 26.2 Å². The number of rotatable bonds is 7. The molecule has 0 aliphatic carbocycles. The first-order valence-electron chi connectivity index (χ1n) is 9.71. The first-order valence-corrected chi connectivity index (χ1v) is 10.6. The van der Waals surface area contributed by atoms with Crippen molar-refractivity contribution >= 4 is 41.3 Å². The van der Waals surface area contributed by atoms with Crippen LogP contribution >= 0.6 is 35.3 Å². The van der Waals surface area contributed by atoms with Gasteiger partial charge in [-0.3, -0.25) is 4.90 Å². The number of likely N-dealkylation sites (tertiary alicyclic amines) is 1. The molecule has 1 fully saturated rings. The maximum Gasteiger partial charge on any atom is 0.434 e. The van der Waals surface area contributed by atoms with Crippen molar-refractivity contribution in [3.63, 3.8) is 0 Å². The number of guanidine groups is 1. The number of hydrogen-bond acceptors (Lipinski definition) is 5. The number of aryl methyl sites for hydroxylation is 1. The fraction of sp³-hybridized carbons (Fsp3) is 0.579. The van der Waals surface area contributed by atoms with Crippen LogP contribution in [0.2, 0.25) is 0 Å². The fourth-order valence-corrected chi connectivity index (χ4v) is 4.02. The molecule has 0 amide bonds. The molecule has 0 radical (unpaired) electrons. The Labute approximate surface area is 195 Å². The third kappa shape index (κ3) is 6.84. The molecule has 11 heteroatoms. The van der Waals surface area contributed by atoms with E-state index < -0.39 is 11.9 Å². The van der Waals surface area contributed by atoms with Crippen molar-refractivity contribution in [1.82, 2.24) is 20.5 Å². The lowest BCUT2D eigenvalue weighted by Crippen LogP contribution is -2.42. The van der Waals surface area contributed by atoms with E-state index in [1.165, 1.54) is 0 Å². The van der Waals surface area contributed by atoms with Crippen LogP contribution in [0.4, 0.5) is 13.2 Å². The van der Waals surface area contributed by atoms with Crippen LogP contribution < -0.4 is 10.6 Å². The topological polar surface area (TPSA) is 65.7 Å². The Hall–Kier alpha value is -1.34. The second-order valence-corrected chi connectivity index (χ2v) is 7.85. The standard InChI is InChI=1S/C19H26F3N5OS.HI/c1-3-23-18(25-11-17-26-16(12-29-17)19(20,21)22)24-10-14(27-8-4-5-9-27)15-7-6-13(2)28-15;/h6-7,12,14H,3-5,8-11H2,1-2H3,(H2,23,24,25);1H. The first-order chi connectivity index (χ1) is 13.9. The van der Waals surface area contributed by atoms with Gasteiger partial charge < -0.3 is 15.1 Å². The summed E-state index contributed by atoms with van der Waals surface area (Å²) in [5, 5.41) is 7.79. The Morgan fingerprint density at radius 3 is 2.60 bits per heavy atom. The summed E-state index contributed by atoms with van der Waals surface area (Å²) in [5.74, 6) is 2.32. The van der Waals surface area contributed by atoms with E-state index in [1.807, 2.05) is 26.0 Å². The minimum atomic E-state index is -4.43. The lowest BCUT2D eigenvalue weighted by Gasteiger charge is -2.26. The number of halogens is 4. The molecule has 1 aliphatic heterocycles. The number of hydrogen-bond donors (Lipinski definition) is 2. The minimum absolute atomic E-state index is 0. The highest BCUT2D eigenvalue weighted by Crippen LogP contribution is 2.30. The summed E-state index contributed by atoms with van der Waals surface area (Å²) < 4.78 is 44.0. The van der Waals surface area contributed by atoms with Crippen LogP contribution in [0, 0.1) is 6.92 Å². The molecule has 2 aromatic rings. The molecule has 0 aromatic carbocycles. The van der Waals surface area contributed by atoms with Gasteiger partial charge in [0.25, 0.3) is 0 Å². The van der Waals surface area contributed by atoms with Crippen molar-refractivity contribution in [3.8, 4) is 0 Å². The van der Waals surface area contributed by atoms with Gasteiger partial charge in [-0.2, -0.15) is 13.2 Å². The zero-order valence-electron chi connectivity index (χ0n) is 17.0. The number of alkyl halides is 3. The zero-order valence-corrected chi connectivity index (χ0v) is 20.1. The van der Waals surface area contributed by atoms with Crippen LogP contribution in [0.15, 0.2) is 26.9 Å². The van der Waals surface area contributed by atoms with Crippen LogP contribution in [-0.2, 0) is 12.7 Å². The third-order valence-corrected chi connectivity index (χ3v) is 5.53. The fourth-order valence-electron chi connectivity index (χ4n) is 3.29. The van der Waals surface area contributed by atoms with Crippen molar-refractivity contribution < 1.29 is 17.6 Å². The highest BCUT2D eigenvalue weighted by Gasteiger charge is 2.33. The summed E-state index contributed by atoms with van der Waals surface area (Å²) in [4.78, 5) is 10.4. The molecule has 6 nitrogen and oxygen atoms in total. The van der Waals surface area contributed by atoms with Crippen molar-refractivity contribution in [2.45, 2.75) is 45.5 Å². The molecule has 3 heterocycles. The molecule has 1 saturated heterocycles. The summed E-state index contributed by atoms with van der Waals surface area (Å²) in [6.07, 6.45) is -2.10. The third-order valence-electron chi connectivity index (χ3n) is 4.69. The van der Waals surface area contributed by atoms with Gasteiger partial charge in [-0.15, -0.1) is 35.3 Å². The highest BCUT2D eigenvalue weighted by molar-refractivity contribution is 14.0. The van der Waals surface area contributed by atoms with Crippen molar-refractivity contribution in [2.24, 2.45) is 4.99 Å². The van der Waals surface area contributed by atoms with E-state index in [0.717, 1.165) is 54.2 Å². The molecular weight excluding hydrogens is 530 g/mol. The van der Waals surface area contributed by atoms with E-state index in [0.29, 0.717) is 24.1 Å². The van der Waals surface area contributed by atoms with Gasteiger partial charge in [0.1, 0.15) is 16.5 Å². The van der Waals surface area contributed by atoms with Gasteiger partial charge in [0.05, 0.1) is 12.6 Å². The Morgan fingerprint density at radius 1 is 1.30 bits per heavy atom. The molecule has 0 spiro atoms. The van der Waals surface area contributed by atoms with Crippen LogP contribution in [0.5, 0.6) is 0 Å². The molecule has 1 unspecified atom stereocenters. The van der Waals surface area contributed by atoms with E-state index in [4.69, 9.17) is 4.42 Å². The van der Waals surface area contributed by atoms with E-state index >= 15 is 0 Å². The quantitative estimate of drug-likeness (QED) is 0.297. The van der Waals surface area contributed by atoms with Gasteiger partial charge in [0, 0.05) is 18.5 Å². The predicted octanol–water partition coefficient (Wildman–Crippen LogP) is 4.57. The molecule has 168 valence electrons. The number of nitrogens with one attached hydrogen (secondary N) is 2. The SMILES string of the molecule is CCNC(=NCc1nc(C(F)(F)F)cs1)NCC(c1ccc(C)o1)N1CCCC1.I. The first kappa shape index (κ1) is 24.9. The van der Waals surface area contributed by atoms with Crippen molar-refractivity contribution in [1.29, 1.82) is 0 Å². The van der Waals surface area contributed by atoms with E-state index in [9.17, 15) is 13.2 Å². The predicted molar refractivity (Wildman–Crippen MR) is 122 cm³/mol. The molecule has 0 saturated carbocycles. The monoisotopic (exact) mass is 557 g/mol. The van der Waals surface area contributed by atoms with Gasteiger partial charge in [-0.05, 0) is 51.9 Å². The number of aromatic nitrogens is 1. The van der Waals surface area contributed by atoms with Crippen LogP contribution in [0.25, 0.3) is 0 Å². The molecule has 0 bridgehead atoms. The average molecular weight is 557 g/mol. The number of aliphatic imine (C=N–C) groups is 1. The van der Waals surface area contributed by atoms with Crippen LogP contribution in [0.3, 0.4) is 0 Å². The van der Waals surface area contributed by atoms with Crippen LogP contribution in [-0.4, -0.2) is 42.0 Å². The zero-order chi connectivity index (χ0) is 20.9. The molecule has 30 heavy (non-hydrogen) atoms. The van der Waals surface area contributed by atoms with Gasteiger partial charge >= 0.3 is 6.18 Å². The van der Waals surface area contributed by atoms with Crippen LogP contribution in [0.1, 0.15) is 48.0 Å². The second kappa shape index (κ2) is 11.3. The Balaban J connectivity index is 0.00000320. The average Bonchev–Trinajstić information content (AvgIpc) is 3.41. The molecular formula is C19H27F3IN5OS. The van der Waals surface area contributed by atoms with Gasteiger partial charge in [0.15, 0.2) is 11.7 Å². The summed E-state index contributed by atoms with van der Waals surface area (Å²) >= 11 is 0.964. The maximum absolute atomic E-state index is 12.7. The van der Waals surface area contributed by atoms with Gasteiger partial charge in [-0.25, -0.2) is 9.98 Å². The molecule has 1 atom stereocenters. The van der Waals surface area contributed by atoms with Gasteiger partial charge in [-0.1, -0.05) is 0 Å². The smallest absolute Gasteiger partial charge is 0.434 e. The summed E-state index contributed by atoms with van der Waals surface area (Å²) in [6.45, 7) is 7.21. The normalized spacial score (nSPS) is 16.4. The van der Waals surface area contributed by atoms with E-state index in [-0.39, 0.29) is 36.6 Å². The molecule has 3 rings (SSSR count). The minimum Gasteiger partial charge on any atom is -0.465 e. The second-order valence-electron chi connectivity index (χ2n) is 6.91. The lowest BCUT2D eigenvalue weighted by atomic mass is 10.2. The number of furan rings is 1. The summed E-state index contributed by atoms with van der Waals surface area (Å²) in [5.41, 5.74) is -0.868. The Bertz CT molecular complexity index is 817. The molecule has 1 aliphatic rings. The van der Waals surface area contributed by atoms with Crippen molar-refractivity contribution in [3.05, 3.63) is 39.7 Å². The Kier molecular flexibility index (Phi) is 9.41. The number of thiazole rings is 1. The number of nitrogens with zero attached hydrogens (tertiary/aromatic N) is 3. The largest absolute Gasteiger partial charge is 0.465 e. The molecule has 2 N–H and O–H groups in total. The Morgan fingerprint density at radius 2 is 2.03 bits per heavy atom. The molecule has 2 aromatic heterocycles. The van der Waals surface area contributed by atoms with E-state index in [2.05, 4.69) is 25.5 Å². The summed E-state index contributed by atoms with van der Waals surface area (Å²) in [6, 6.07) is 4.03. The lowest BCUT2D eigenvalue weighted by molar-refractivity contribution is -0.140. The summed E-state index contributed by atoms with van der Waals surface area (Å²) in [7, 11) is 0.